The van der Waals surface area contributed by atoms with Gasteiger partial charge in [-0.15, -0.1) is 24.0 Å². The van der Waals surface area contributed by atoms with Gasteiger partial charge in [-0.05, 0) is 29.9 Å². The van der Waals surface area contributed by atoms with Gasteiger partial charge in [0, 0.05) is 38.3 Å². The topological polar surface area (TPSA) is 40.5 Å². The molecule has 1 aromatic carbocycles. The van der Waals surface area contributed by atoms with Crippen molar-refractivity contribution < 1.29 is 0 Å². The minimum Gasteiger partial charge on any atom is -0.356 e. The summed E-state index contributed by atoms with van der Waals surface area (Å²) in [5.74, 6) is 1.02. The number of aliphatic imine (C=N–C) groups is 1. The van der Waals surface area contributed by atoms with E-state index in [1.54, 1.807) is 0 Å². The number of nitrogens with zero attached hydrogens (tertiary/aromatic N) is 3. The molecule has 0 unspecified atom stereocenters. The summed E-state index contributed by atoms with van der Waals surface area (Å²) < 4.78 is 0. The van der Waals surface area contributed by atoms with Crippen LogP contribution in [-0.2, 0) is 6.42 Å². The summed E-state index contributed by atoms with van der Waals surface area (Å²) in [5, 5.41) is 4.71. The van der Waals surface area contributed by atoms with Crippen LogP contribution in [0.15, 0.2) is 41.5 Å². The molecule has 1 N–H and O–H groups in total. The van der Waals surface area contributed by atoms with Gasteiger partial charge in [-0.1, -0.05) is 38.1 Å². The molecule has 0 amide bonds. The van der Waals surface area contributed by atoms with Crippen LogP contribution in [0, 0.1) is 5.41 Å². The van der Waals surface area contributed by atoms with Gasteiger partial charge < -0.3 is 10.2 Å². The van der Waals surface area contributed by atoms with E-state index in [9.17, 15) is 0 Å². The Balaban J connectivity index is 0.00000208. The zero-order chi connectivity index (χ0) is 16.3. The number of aromatic nitrogens is 1. The van der Waals surface area contributed by atoms with Crippen molar-refractivity contribution in [3.63, 3.8) is 0 Å². The van der Waals surface area contributed by atoms with E-state index in [4.69, 9.17) is 0 Å². The van der Waals surface area contributed by atoms with Gasteiger partial charge >= 0.3 is 0 Å². The third-order valence-corrected chi connectivity index (χ3v) is 4.58. The van der Waals surface area contributed by atoms with Crippen LogP contribution < -0.4 is 5.32 Å². The number of pyridine rings is 1. The van der Waals surface area contributed by atoms with Crippen molar-refractivity contribution in [3.8, 4) is 0 Å². The minimum atomic E-state index is 0. The summed E-state index contributed by atoms with van der Waals surface area (Å²) in [6, 6.07) is 10.5. The molecule has 0 radical (unpaired) electrons. The predicted molar refractivity (Wildman–Crippen MR) is 112 cm³/mol. The van der Waals surface area contributed by atoms with Crippen LogP contribution in [0.3, 0.4) is 0 Å². The van der Waals surface area contributed by atoms with Crippen LogP contribution in [0.1, 0.15) is 25.8 Å². The molecule has 2 heterocycles. The molecule has 1 aliphatic heterocycles. The Kier molecular flexibility index (Phi) is 6.43. The predicted octanol–water partition coefficient (Wildman–Crippen LogP) is 3.70. The number of fused-ring (bicyclic) bond motifs is 1. The first-order chi connectivity index (χ1) is 11.1. The number of guanidine groups is 1. The lowest BCUT2D eigenvalue weighted by molar-refractivity contribution is 0.370. The van der Waals surface area contributed by atoms with E-state index in [-0.39, 0.29) is 24.0 Å². The highest BCUT2D eigenvalue weighted by atomic mass is 127. The van der Waals surface area contributed by atoms with Crippen molar-refractivity contribution in [3.05, 3.63) is 42.1 Å². The summed E-state index contributed by atoms with van der Waals surface area (Å²) in [6.07, 6.45) is 4.04. The number of hydrogen-bond donors (Lipinski definition) is 1. The average Bonchev–Trinajstić information content (AvgIpc) is 2.91. The second-order valence-electron chi connectivity index (χ2n) is 7.05. The molecule has 2 aromatic rings. The SMILES string of the molecule is CN=C(NCCc1cccc2cccnc12)N1CCC(C)(C)C1.I. The number of nitrogens with one attached hydrogen (secondary N) is 1. The maximum atomic E-state index is 4.53. The van der Waals surface area contributed by atoms with E-state index < -0.39 is 0 Å². The molecular formula is C19H27IN4. The molecule has 0 spiro atoms. The van der Waals surface area contributed by atoms with Crippen molar-refractivity contribution in [1.29, 1.82) is 0 Å². The number of hydrogen-bond acceptors (Lipinski definition) is 2. The molecule has 1 saturated heterocycles. The van der Waals surface area contributed by atoms with E-state index >= 15 is 0 Å². The summed E-state index contributed by atoms with van der Waals surface area (Å²) in [5.41, 5.74) is 2.78. The van der Waals surface area contributed by atoms with Crippen molar-refractivity contribution >= 4 is 40.8 Å². The number of likely N-dealkylation sites (tertiary alicyclic amines) is 1. The van der Waals surface area contributed by atoms with Crippen molar-refractivity contribution in [1.82, 2.24) is 15.2 Å². The highest BCUT2D eigenvalue weighted by molar-refractivity contribution is 14.0. The van der Waals surface area contributed by atoms with Gasteiger partial charge in [-0.25, -0.2) is 0 Å². The number of para-hydroxylation sites is 1. The fourth-order valence-electron chi connectivity index (χ4n) is 3.30. The summed E-state index contributed by atoms with van der Waals surface area (Å²) in [4.78, 5) is 11.3. The lowest BCUT2D eigenvalue weighted by Gasteiger charge is -2.23. The molecule has 0 aliphatic carbocycles. The third kappa shape index (κ3) is 4.37. The highest BCUT2D eigenvalue weighted by Crippen LogP contribution is 2.28. The first-order valence-electron chi connectivity index (χ1n) is 8.37. The first-order valence-corrected chi connectivity index (χ1v) is 8.37. The monoisotopic (exact) mass is 438 g/mol. The normalized spacial score (nSPS) is 17.0. The largest absolute Gasteiger partial charge is 0.356 e. The lowest BCUT2D eigenvalue weighted by Crippen LogP contribution is -2.41. The number of halogens is 1. The van der Waals surface area contributed by atoms with Crippen molar-refractivity contribution in [2.45, 2.75) is 26.7 Å². The number of rotatable bonds is 3. The maximum absolute atomic E-state index is 4.53. The van der Waals surface area contributed by atoms with E-state index in [1.165, 1.54) is 17.4 Å². The smallest absolute Gasteiger partial charge is 0.193 e. The second kappa shape index (κ2) is 8.14. The number of benzene rings is 1. The highest BCUT2D eigenvalue weighted by Gasteiger charge is 2.30. The second-order valence-corrected chi connectivity index (χ2v) is 7.05. The van der Waals surface area contributed by atoms with Crippen molar-refractivity contribution in [2.75, 3.05) is 26.7 Å². The molecule has 24 heavy (non-hydrogen) atoms. The molecule has 5 heteroatoms. The van der Waals surface area contributed by atoms with Gasteiger partial charge in [-0.3, -0.25) is 9.98 Å². The fourth-order valence-corrected chi connectivity index (χ4v) is 3.30. The summed E-state index contributed by atoms with van der Waals surface area (Å²) in [6.45, 7) is 7.67. The average molecular weight is 438 g/mol. The molecule has 1 fully saturated rings. The molecule has 1 aromatic heterocycles. The molecule has 130 valence electrons. The quantitative estimate of drug-likeness (QED) is 0.452. The Morgan fingerprint density at radius 2 is 2.08 bits per heavy atom. The molecule has 0 atom stereocenters. The minimum absolute atomic E-state index is 0. The standard InChI is InChI=1S/C19H26N4.HI/c1-19(2)10-13-23(14-19)18(20-3)22-12-9-16-7-4-6-15-8-5-11-21-17(15)16;/h4-8,11H,9-10,12-14H2,1-3H3,(H,20,22);1H. The zero-order valence-electron chi connectivity index (χ0n) is 14.7. The molecule has 0 saturated carbocycles. The van der Waals surface area contributed by atoms with Gasteiger partial charge in [0.25, 0.3) is 0 Å². The first kappa shape index (κ1) is 19.0. The lowest BCUT2D eigenvalue weighted by atomic mass is 9.93. The Hall–Kier alpha value is -1.37. The van der Waals surface area contributed by atoms with Crippen LogP contribution in [0.4, 0.5) is 0 Å². The van der Waals surface area contributed by atoms with Gasteiger partial charge in [0.05, 0.1) is 5.52 Å². The molecule has 4 nitrogen and oxygen atoms in total. The van der Waals surface area contributed by atoms with Gasteiger partial charge in [-0.2, -0.15) is 0 Å². The Bertz CT molecular complexity index is 706. The van der Waals surface area contributed by atoms with E-state index in [0.717, 1.165) is 37.5 Å². The van der Waals surface area contributed by atoms with Gasteiger partial charge in [0.15, 0.2) is 5.96 Å². The molecule has 3 rings (SSSR count). The summed E-state index contributed by atoms with van der Waals surface area (Å²) >= 11 is 0. The fraction of sp³-hybridized carbons (Fsp3) is 0.474. The van der Waals surface area contributed by atoms with Crippen LogP contribution >= 0.6 is 24.0 Å². The van der Waals surface area contributed by atoms with Gasteiger partial charge in [0.2, 0.25) is 0 Å². The van der Waals surface area contributed by atoms with Crippen LogP contribution in [0.5, 0.6) is 0 Å². The molecule has 1 aliphatic rings. The van der Waals surface area contributed by atoms with Crippen LogP contribution in [0.25, 0.3) is 10.9 Å². The molecular weight excluding hydrogens is 411 g/mol. The van der Waals surface area contributed by atoms with Crippen LogP contribution in [-0.4, -0.2) is 42.5 Å². The molecule has 0 bridgehead atoms. The Morgan fingerprint density at radius 3 is 2.79 bits per heavy atom. The van der Waals surface area contributed by atoms with Crippen LogP contribution in [0.2, 0.25) is 0 Å². The van der Waals surface area contributed by atoms with E-state index in [0.29, 0.717) is 5.41 Å². The summed E-state index contributed by atoms with van der Waals surface area (Å²) in [7, 11) is 1.87. The van der Waals surface area contributed by atoms with Gasteiger partial charge in [0.1, 0.15) is 0 Å². The van der Waals surface area contributed by atoms with Crippen molar-refractivity contribution in [2.24, 2.45) is 10.4 Å². The van der Waals surface area contributed by atoms with E-state index in [2.05, 4.69) is 58.3 Å². The van der Waals surface area contributed by atoms with E-state index in [1.807, 2.05) is 19.3 Å². The maximum Gasteiger partial charge on any atom is 0.193 e. The Labute approximate surface area is 161 Å². The Morgan fingerprint density at radius 1 is 1.29 bits per heavy atom. The third-order valence-electron chi connectivity index (χ3n) is 4.58. The zero-order valence-corrected chi connectivity index (χ0v) is 17.1.